The van der Waals surface area contributed by atoms with Gasteiger partial charge in [0.2, 0.25) is 5.95 Å². The molecule has 1 aromatic carbocycles. The maximum atomic E-state index is 13.3. The fraction of sp³-hybridized carbons (Fsp3) is 0.353. The van der Waals surface area contributed by atoms with Gasteiger partial charge < -0.3 is 5.32 Å². The molecule has 0 radical (unpaired) electrons. The number of halogens is 1. The molecule has 1 heterocycles. The normalized spacial score (nSPS) is 12.2. The van der Waals surface area contributed by atoms with Crippen LogP contribution in [0, 0.1) is 12.9 Å². The van der Waals surface area contributed by atoms with Crippen LogP contribution in [0.15, 0.2) is 36.5 Å². The number of hydrogen-bond acceptors (Lipinski definition) is 4. The fourth-order valence-corrected chi connectivity index (χ4v) is 3.01. The van der Waals surface area contributed by atoms with Gasteiger partial charge in [-0.25, -0.2) is 13.4 Å². The van der Waals surface area contributed by atoms with E-state index in [1.54, 1.807) is 39.0 Å². The van der Waals surface area contributed by atoms with Crippen LogP contribution in [0.5, 0.6) is 0 Å². The molecule has 4 nitrogen and oxygen atoms in total. The Morgan fingerprint density at radius 1 is 1.22 bits per heavy atom. The molecule has 0 atom stereocenters. The van der Waals surface area contributed by atoms with Crippen molar-refractivity contribution in [3.8, 4) is 0 Å². The third-order valence-corrected chi connectivity index (χ3v) is 6.14. The van der Waals surface area contributed by atoms with Crippen LogP contribution in [0.2, 0.25) is 0 Å². The summed E-state index contributed by atoms with van der Waals surface area (Å²) in [6, 6.07) is 8.44. The van der Waals surface area contributed by atoms with Gasteiger partial charge in [-0.15, -0.1) is 0 Å². The monoisotopic (exact) mass is 336 g/mol. The number of pyridine rings is 1. The number of nitrogens with one attached hydrogen (secondary N) is 1. The number of anilines is 2. The van der Waals surface area contributed by atoms with Crippen molar-refractivity contribution in [1.29, 1.82) is 0 Å². The first-order valence-corrected chi connectivity index (χ1v) is 8.94. The van der Waals surface area contributed by atoms with E-state index in [0.717, 1.165) is 5.56 Å². The van der Waals surface area contributed by atoms with Crippen LogP contribution in [0.25, 0.3) is 0 Å². The highest BCUT2D eigenvalue weighted by Gasteiger charge is 2.28. The number of benzene rings is 1. The van der Waals surface area contributed by atoms with Crippen LogP contribution in [0.3, 0.4) is 0 Å². The minimum atomic E-state index is -3.25. The Labute approximate surface area is 136 Å². The molecular weight excluding hydrogens is 315 g/mol. The topological polar surface area (TPSA) is 59.1 Å². The number of nitrogens with zero attached hydrogens (tertiary/aromatic N) is 1. The summed E-state index contributed by atoms with van der Waals surface area (Å²) >= 11 is 0. The molecule has 1 N–H and O–H groups in total. The molecule has 0 amide bonds. The summed E-state index contributed by atoms with van der Waals surface area (Å²) < 4.78 is 37.1. The van der Waals surface area contributed by atoms with Gasteiger partial charge in [-0.3, -0.25) is 0 Å². The maximum Gasteiger partial charge on any atom is 0.214 e. The van der Waals surface area contributed by atoms with E-state index in [1.807, 2.05) is 13.0 Å². The third kappa shape index (κ3) is 4.28. The van der Waals surface area contributed by atoms with E-state index in [2.05, 4.69) is 10.3 Å². The minimum Gasteiger partial charge on any atom is -0.355 e. The van der Waals surface area contributed by atoms with Crippen molar-refractivity contribution in [1.82, 2.24) is 4.98 Å². The molecule has 2 aromatic rings. The predicted molar refractivity (Wildman–Crippen MR) is 91.0 cm³/mol. The highest BCUT2D eigenvalue weighted by atomic mass is 32.2. The van der Waals surface area contributed by atoms with Crippen LogP contribution in [0.4, 0.5) is 15.8 Å². The highest BCUT2D eigenvalue weighted by Crippen LogP contribution is 2.24. The summed E-state index contributed by atoms with van der Waals surface area (Å²) in [6.45, 7) is 6.89. The highest BCUT2D eigenvalue weighted by molar-refractivity contribution is 7.91. The van der Waals surface area contributed by atoms with Crippen molar-refractivity contribution in [2.24, 2.45) is 0 Å². The van der Waals surface area contributed by atoms with Crippen LogP contribution in [-0.4, -0.2) is 18.1 Å². The van der Waals surface area contributed by atoms with E-state index < -0.39 is 20.5 Å². The summed E-state index contributed by atoms with van der Waals surface area (Å²) in [5.74, 6) is -0.597. The third-order valence-electron chi connectivity index (χ3n) is 3.57. The SMILES string of the molecule is Cc1cnc(F)cc1Nc1cccc(CS(=O)(=O)C(C)(C)C)c1. The molecule has 0 aliphatic rings. The molecule has 0 bridgehead atoms. The summed E-state index contributed by atoms with van der Waals surface area (Å²) in [7, 11) is -3.25. The Bertz CT molecular complexity index is 812. The Hall–Kier alpha value is -1.95. The summed E-state index contributed by atoms with van der Waals surface area (Å²) in [4.78, 5) is 3.59. The number of aryl methyl sites for hydroxylation is 1. The summed E-state index contributed by atoms with van der Waals surface area (Å²) in [6.07, 6.45) is 1.45. The van der Waals surface area contributed by atoms with Crippen LogP contribution < -0.4 is 5.32 Å². The van der Waals surface area contributed by atoms with Crippen LogP contribution in [0.1, 0.15) is 31.9 Å². The summed E-state index contributed by atoms with van der Waals surface area (Å²) in [5, 5.41) is 3.10. The molecule has 0 saturated heterocycles. The van der Waals surface area contributed by atoms with Gasteiger partial charge in [0.05, 0.1) is 10.5 Å². The van der Waals surface area contributed by atoms with Gasteiger partial charge in [0.15, 0.2) is 9.84 Å². The lowest BCUT2D eigenvalue weighted by Gasteiger charge is -2.19. The molecule has 2 rings (SSSR count). The quantitative estimate of drug-likeness (QED) is 0.858. The van der Waals surface area contributed by atoms with E-state index >= 15 is 0 Å². The first-order valence-electron chi connectivity index (χ1n) is 7.29. The van der Waals surface area contributed by atoms with Crippen LogP contribution >= 0.6 is 0 Å². The zero-order valence-corrected chi connectivity index (χ0v) is 14.5. The molecule has 0 fully saturated rings. The second kappa shape index (κ2) is 6.28. The van der Waals surface area contributed by atoms with Gasteiger partial charge >= 0.3 is 0 Å². The molecular formula is C17H21FN2O2S. The van der Waals surface area contributed by atoms with Crippen molar-refractivity contribution in [2.45, 2.75) is 38.2 Å². The zero-order chi connectivity index (χ0) is 17.3. The molecule has 23 heavy (non-hydrogen) atoms. The number of aromatic nitrogens is 1. The molecule has 0 spiro atoms. The largest absolute Gasteiger partial charge is 0.355 e. The Kier molecular flexibility index (Phi) is 4.75. The van der Waals surface area contributed by atoms with E-state index in [-0.39, 0.29) is 5.75 Å². The van der Waals surface area contributed by atoms with Crippen molar-refractivity contribution in [3.63, 3.8) is 0 Å². The average Bonchev–Trinajstić information content (AvgIpc) is 2.41. The molecule has 1 aromatic heterocycles. The lowest BCUT2D eigenvalue weighted by atomic mass is 10.2. The van der Waals surface area contributed by atoms with Gasteiger partial charge in [0, 0.05) is 23.6 Å². The molecule has 0 saturated carbocycles. The fourth-order valence-electron chi connectivity index (χ4n) is 1.96. The molecule has 0 aliphatic carbocycles. The summed E-state index contributed by atoms with van der Waals surface area (Å²) in [5.41, 5.74) is 2.81. The lowest BCUT2D eigenvalue weighted by Crippen LogP contribution is -2.29. The Morgan fingerprint density at radius 2 is 1.91 bits per heavy atom. The van der Waals surface area contributed by atoms with E-state index in [1.165, 1.54) is 12.3 Å². The number of hydrogen-bond donors (Lipinski definition) is 1. The molecule has 0 aliphatic heterocycles. The first kappa shape index (κ1) is 17.4. The van der Waals surface area contributed by atoms with Gasteiger partial charge in [0.25, 0.3) is 0 Å². The van der Waals surface area contributed by atoms with Crippen molar-refractivity contribution in [3.05, 3.63) is 53.6 Å². The zero-order valence-electron chi connectivity index (χ0n) is 13.7. The van der Waals surface area contributed by atoms with E-state index in [0.29, 0.717) is 16.9 Å². The number of rotatable bonds is 4. The Balaban J connectivity index is 2.26. The average molecular weight is 336 g/mol. The maximum absolute atomic E-state index is 13.3. The van der Waals surface area contributed by atoms with Gasteiger partial charge in [-0.05, 0) is 51.0 Å². The van der Waals surface area contributed by atoms with Gasteiger partial charge in [-0.2, -0.15) is 4.39 Å². The number of sulfone groups is 1. The standard InChI is InChI=1S/C17H21FN2O2S/c1-12-10-19-16(18)9-15(12)20-14-7-5-6-13(8-14)11-23(21,22)17(2,3)4/h5-10H,11H2,1-4H3,(H,19,20). The smallest absolute Gasteiger partial charge is 0.214 e. The molecule has 124 valence electrons. The van der Waals surface area contributed by atoms with Crippen LogP contribution in [-0.2, 0) is 15.6 Å². The first-order chi connectivity index (χ1) is 10.6. The van der Waals surface area contributed by atoms with Gasteiger partial charge in [-0.1, -0.05) is 12.1 Å². The van der Waals surface area contributed by atoms with E-state index in [9.17, 15) is 12.8 Å². The van der Waals surface area contributed by atoms with Gasteiger partial charge in [0.1, 0.15) is 0 Å². The molecule has 0 unspecified atom stereocenters. The van der Waals surface area contributed by atoms with Crippen molar-refractivity contribution >= 4 is 21.2 Å². The lowest BCUT2D eigenvalue weighted by molar-refractivity contribution is 0.559. The van der Waals surface area contributed by atoms with Crippen molar-refractivity contribution < 1.29 is 12.8 Å². The predicted octanol–water partition coefficient (Wildman–Crippen LogP) is 3.99. The minimum absolute atomic E-state index is 0.0320. The van der Waals surface area contributed by atoms with E-state index in [4.69, 9.17) is 0 Å². The van der Waals surface area contributed by atoms with Crippen molar-refractivity contribution in [2.75, 3.05) is 5.32 Å². The Morgan fingerprint density at radius 3 is 2.57 bits per heavy atom. The second-order valence-electron chi connectivity index (χ2n) is 6.52. The molecule has 6 heteroatoms. The second-order valence-corrected chi connectivity index (χ2v) is 9.26.